The first-order valence-corrected chi connectivity index (χ1v) is 4.40. The first kappa shape index (κ1) is 7.68. The molecule has 1 heterocycles. The number of rotatable bonds is 2. The second-order valence-corrected chi connectivity index (χ2v) is 3.27. The first-order chi connectivity index (χ1) is 5.92. The molecule has 0 radical (unpaired) electrons. The molecule has 1 saturated carbocycles. The van der Waals surface area contributed by atoms with Gasteiger partial charge in [0.15, 0.2) is 0 Å². The van der Waals surface area contributed by atoms with Gasteiger partial charge in [-0.15, -0.1) is 0 Å². The molecule has 1 aromatic heterocycles. The number of nitrogens with two attached hydrogens (primary N) is 1. The number of hydrogen-bond acceptors (Lipinski definition) is 3. The smallest absolute Gasteiger partial charge is 0.115 e. The van der Waals surface area contributed by atoms with Crippen molar-refractivity contribution in [2.75, 3.05) is 0 Å². The van der Waals surface area contributed by atoms with Crippen molar-refractivity contribution in [3.63, 3.8) is 0 Å². The van der Waals surface area contributed by atoms with Gasteiger partial charge in [-0.05, 0) is 12.8 Å². The maximum absolute atomic E-state index is 5.59. The Hall–Kier alpha value is -0.960. The Balaban J connectivity index is 2.27. The van der Waals surface area contributed by atoms with Crippen LogP contribution in [-0.2, 0) is 6.54 Å². The molecule has 0 atom stereocenters. The lowest BCUT2D eigenvalue weighted by Gasteiger charge is -2.26. The van der Waals surface area contributed by atoms with Crippen LogP contribution in [0.4, 0.5) is 0 Å². The van der Waals surface area contributed by atoms with Crippen LogP contribution in [0.5, 0.6) is 0 Å². The molecule has 0 spiro atoms. The standard InChI is InChI=1S/C9H13N3/c10-4-8-5-11-6-12-9(8)7-2-1-3-7/h5-7H,1-4,10H2. The summed E-state index contributed by atoms with van der Waals surface area (Å²) in [5.41, 5.74) is 7.88. The molecule has 1 fully saturated rings. The highest BCUT2D eigenvalue weighted by Crippen LogP contribution is 2.36. The quantitative estimate of drug-likeness (QED) is 0.712. The second kappa shape index (κ2) is 3.19. The van der Waals surface area contributed by atoms with Crippen LogP contribution >= 0.6 is 0 Å². The predicted octanol–water partition coefficient (Wildman–Crippen LogP) is 1.20. The Morgan fingerprint density at radius 2 is 2.33 bits per heavy atom. The second-order valence-electron chi connectivity index (χ2n) is 3.27. The minimum absolute atomic E-state index is 0.562. The molecule has 12 heavy (non-hydrogen) atoms. The van der Waals surface area contributed by atoms with E-state index in [2.05, 4.69) is 9.97 Å². The summed E-state index contributed by atoms with van der Waals surface area (Å²) in [6.45, 7) is 0.562. The monoisotopic (exact) mass is 163 g/mol. The van der Waals surface area contributed by atoms with Gasteiger partial charge in [-0.3, -0.25) is 0 Å². The third-order valence-corrected chi connectivity index (χ3v) is 2.53. The molecular weight excluding hydrogens is 150 g/mol. The van der Waals surface area contributed by atoms with E-state index < -0.39 is 0 Å². The summed E-state index contributed by atoms with van der Waals surface area (Å²) in [5.74, 6) is 0.659. The minimum Gasteiger partial charge on any atom is -0.326 e. The van der Waals surface area contributed by atoms with E-state index in [1.807, 2.05) is 6.20 Å². The van der Waals surface area contributed by atoms with Crippen LogP contribution < -0.4 is 5.73 Å². The molecule has 2 rings (SSSR count). The Kier molecular flexibility index (Phi) is 2.04. The van der Waals surface area contributed by atoms with Crippen LogP contribution in [0.25, 0.3) is 0 Å². The maximum Gasteiger partial charge on any atom is 0.115 e. The summed E-state index contributed by atoms with van der Waals surface area (Å²) in [6, 6.07) is 0. The average molecular weight is 163 g/mol. The molecule has 0 bridgehead atoms. The first-order valence-electron chi connectivity index (χ1n) is 4.40. The highest BCUT2D eigenvalue weighted by molar-refractivity contribution is 5.21. The topological polar surface area (TPSA) is 51.8 Å². The molecule has 1 aliphatic rings. The van der Waals surface area contributed by atoms with Crippen molar-refractivity contribution in [3.8, 4) is 0 Å². The van der Waals surface area contributed by atoms with E-state index in [4.69, 9.17) is 5.73 Å². The van der Waals surface area contributed by atoms with Crippen LogP contribution in [0.1, 0.15) is 36.4 Å². The van der Waals surface area contributed by atoms with Crippen molar-refractivity contribution in [1.82, 2.24) is 9.97 Å². The molecule has 2 N–H and O–H groups in total. The largest absolute Gasteiger partial charge is 0.326 e. The lowest BCUT2D eigenvalue weighted by Crippen LogP contribution is -2.15. The Bertz CT molecular complexity index is 268. The van der Waals surface area contributed by atoms with Gasteiger partial charge in [0.2, 0.25) is 0 Å². The third-order valence-electron chi connectivity index (χ3n) is 2.53. The molecule has 3 heteroatoms. The highest BCUT2D eigenvalue weighted by atomic mass is 14.8. The number of hydrogen-bond donors (Lipinski definition) is 1. The minimum atomic E-state index is 0.562. The van der Waals surface area contributed by atoms with Crippen molar-refractivity contribution in [2.24, 2.45) is 5.73 Å². The Labute approximate surface area is 72.0 Å². The fourth-order valence-corrected chi connectivity index (χ4v) is 1.57. The average Bonchev–Trinajstić information content (AvgIpc) is 2.02. The van der Waals surface area contributed by atoms with Gasteiger partial charge in [0.05, 0.1) is 5.69 Å². The van der Waals surface area contributed by atoms with Crippen LogP contribution in [0.15, 0.2) is 12.5 Å². The van der Waals surface area contributed by atoms with Gasteiger partial charge in [-0.1, -0.05) is 6.42 Å². The zero-order valence-electron chi connectivity index (χ0n) is 7.03. The van der Waals surface area contributed by atoms with Gasteiger partial charge in [0, 0.05) is 24.2 Å². The third kappa shape index (κ3) is 1.20. The molecule has 0 saturated heterocycles. The lowest BCUT2D eigenvalue weighted by atomic mass is 9.81. The molecule has 64 valence electrons. The number of aromatic nitrogens is 2. The molecule has 0 aliphatic heterocycles. The van der Waals surface area contributed by atoms with Crippen molar-refractivity contribution < 1.29 is 0 Å². The maximum atomic E-state index is 5.59. The molecule has 3 nitrogen and oxygen atoms in total. The van der Waals surface area contributed by atoms with E-state index in [1.54, 1.807) is 6.33 Å². The summed E-state index contributed by atoms with van der Waals surface area (Å²) in [7, 11) is 0. The lowest BCUT2D eigenvalue weighted by molar-refractivity contribution is 0.407. The van der Waals surface area contributed by atoms with E-state index in [0.29, 0.717) is 12.5 Å². The fourth-order valence-electron chi connectivity index (χ4n) is 1.57. The molecular formula is C9H13N3. The van der Waals surface area contributed by atoms with Gasteiger partial charge in [0.25, 0.3) is 0 Å². The van der Waals surface area contributed by atoms with E-state index in [-0.39, 0.29) is 0 Å². The van der Waals surface area contributed by atoms with Crippen molar-refractivity contribution in [1.29, 1.82) is 0 Å². The van der Waals surface area contributed by atoms with Crippen LogP contribution in [-0.4, -0.2) is 9.97 Å². The van der Waals surface area contributed by atoms with Crippen molar-refractivity contribution in [2.45, 2.75) is 31.7 Å². The van der Waals surface area contributed by atoms with E-state index >= 15 is 0 Å². The van der Waals surface area contributed by atoms with Gasteiger partial charge in [-0.2, -0.15) is 0 Å². The summed E-state index contributed by atoms with van der Waals surface area (Å²) in [4.78, 5) is 8.25. The summed E-state index contributed by atoms with van der Waals surface area (Å²) < 4.78 is 0. The Morgan fingerprint density at radius 1 is 1.50 bits per heavy atom. The Morgan fingerprint density at radius 3 is 2.92 bits per heavy atom. The number of nitrogens with zero attached hydrogens (tertiary/aromatic N) is 2. The van der Waals surface area contributed by atoms with Gasteiger partial charge in [-0.25, -0.2) is 9.97 Å². The molecule has 1 aromatic rings. The SMILES string of the molecule is NCc1cncnc1C1CCC1. The van der Waals surface area contributed by atoms with Crippen molar-refractivity contribution in [3.05, 3.63) is 23.8 Å². The molecule has 0 amide bonds. The normalized spacial score (nSPS) is 17.4. The van der Waals surface area contributed by atoms with Crippen molar-refractivity contribution >= 4 is 0 Å². The van der Waals surface area contributed by atoms with Gasteiger partial charge in [0.1, 0.15) is 6.33 Å². The molecule has 1 aliphatic carbocycles. The van der Waals surface area contributed by atoms with Crippen LogP contribution in [0, 0.1) is 0 Å². The summed E-state index contributed by atoms with van der Waals surface area (Å²) in [5, 5.41) is 0. The highest BCUT2D eigenvalue weighted by Gasteiger charge is 2.22. The van der Waals surface area contributed by atoms with E-state index in [1.165, 1.54) is 25.0 Å². The zero-order chi connectivity index (χ0) is 8.39. The van der Waals surface area contributed by atoms with E-state index in [9.17, 15) is 0 Å². The zero-order valence-corrected chi connectivity index (χ0v) is 7.03. The van der Waals surface area contributed by atoms with Gasteiger partial charge >= 0.3 is 0 Å². The predicted molar refractivity (Wildman–Crippen MR) is 46.5 cm³/mol. The summed E-state index contributed by atoms with van der Waals surface area (Å²) in [6.07, 6.45) is 7.32. The fraction of sp³-hybridized carbons (Fsp3) is 0.556. The molecule has 0 unspecified atom stereocenters. The molecule has 0 aromatic carbocycles. The van der Waals surface area contributed by atoms with Crippen LogP contribution in [0.2, 0.25) is 0 Å². The van der Waals surface area contributed by atoms with Crippen LogP contribution in [0.3, 0.4) is 0 Å². The van der Waals surface area contributed by atoms with Gasteiger partial charge < -0.3 is 5.73 Å². The van der Waals surface area contributed by atoms with E-state index in [0.717, 1.165) is 5.56 Å². The summed E-state index contributed by atoms with van der Waals surface area (Å²) >= 11 is 0.